The van der Waals surface area contributed by atoms with Gasteiger partial charge in [-0.3, -0.25) is 9.59 Å². The lowest BCUT2D eigenvalue weighted by molar-refractivity contribution is -0.146. The fraction of sp³-hybridized carbons (Fsp3) is 0.529. The molecule has 5 heteroatoms. The molecule has 0 bridgehead atoms. The van der Waals surface area contributed by atoms with Crippen LogP contribution in [0.25, 0.3) is 0 Å². The molecule has 0 radical (unpaired) electrons. The Hall–Kier alpha value is -1.88. The first kappa shape index (κ1) is 13.8. The number of ether oxygens (including phenoxy) is 1. The number of aryl methyl sites for hydroxylation is 1. The van der Waals surface area contributed by atoms with E-state index in [0.29, 0.717) is 19.7 Å². The van der Waals surface area contributed by atoms with Crippen LogP contribution in [-0.2, 0) is 26.2 Å². The van der Waals surface area contributed by atoms with Crippen LogP contribution in [0.5, 0.6) is 0 Å². The molecule has 2 N–H and O–H groups in total. The monoisotopic (exact) mass is 300 g/mol. The molecule has 1 aromatic rings. The van der Waals surface area contributed by atoms with Gasteiger partial charge in [0.15, 0.2) is 6.10 Å². The second-order valence-electron chi connectivity index (χ2n) is 6.62. The van der Waals surface area contributed by atoms with Crippen LogP contribution in [0.1, 0.15) is 24.0 Å². The fourth-order valence-corrected chi connectivity index (χ4v) is 4.16. The Kier molecular flexibility index (Phi) is 3.01. The van der Waals surface area contributed by atoms with Crippen molar-refractivity contribution in [1.29, 1.82) is 0 Å². The lowest BCUT2D eigenvalue weighted by Crippen LogP contribution is -2.51. The van der Waals surface area contributed by atoms with E-state index in [2.05, 4.69) is 24.3 Å². The highest BCUT2D eigenvalue weighted by Crippen LogP contribution is 2.62. The zero-order valence-electron chi connectivity index (χ0n) is 12.5. The molecule has 2 fully saturated rings. The summed E-state index contributed by atoms with van der Waals surface area (Å²) in [6, 6.07) is 8.46. The van der Waals surface area contributed by atoms with Crippen molar-refractivity contribution in [3.63, 3.8) is 0 Å². The van der Waals surface area contributed by atoms with Gasteiger partial charge in [0.25, 0.3) is 0 Å². The van der Waals surface area contributed by atoms with Gasteiger partial charge in [-0.15, -0.1) is 0 Å². The van der Waals surface area contributed by atoms with Gasteiger partial charge in [-0.2, -0.15) is 0 Å². The molecule has 3 atom stereocenters. The molecule has 2 aliphatic carbocycles. The van der Waals surface area contributed by atoms with Crippen molar-refractivity contribution in [1.82, 2.24) is 4.90 Å². The molecule has 1 aromatic carbocycles. The third kappa shape index (κ3) is 1.96. The summed E-state index contributed by atoms with van der Waals surface area (Å²) in [6.45, 7) is 1.23. The SMILES string of the molecule is NC(=O)[C@@H]1CN(C(=O)[C@@H]2C[C@@]23CCc2ccccc23)CCO1. The standard InChI is InChI=1S/C17H20N2O3/c18-15(20)14-10-19(7-8-22-14)16(21)13-9-17(13)6-5-11-3-1-2-4-12(11)17/h1-4,13-14H,5-10H2,(H2,18,20)/t13-,14-,17+/m0/s1. The van der Waals surface area contributed by atoms with Crippen molar-refractivity contribution < 1.29 is 14.3 Å². The molecule has 1 heterocycles. The van der Waals surface area contributed by atoms with Crippen LogP contribution in [0.15, 0.2) is 24.3 Å². The van der Waals surface area contributed by atoms with Crippen LogP contribution in [0.2, 0.25) is 0 Å². The molecule has 0 unspecified atom stereocenters. The first-order valence-electron chi connectivity index (χ1n) is 7.90. The molecule has 2 amide bonds. The normalized spacial score (nSPS) is 32.8. The lowest BCUT2D eigenvalue weighted by Gasteiger charge is -2.32. The summed E-state index contributed by atoms with van der Waals surface area (Å²) < 4.78 is 5.32. The van der Waals surface area contributed by atoms with Gasteiger partial charge in [0.05, 0.1) is 13.2 Å². The van der Waals surface area contributed by atoms with Gasteiger partial charge in [0.1, 0.15) is 0 Å². The van der Waals surface area contributed by atoms with E-state index in [1.54, 1.807) is 4.90 Å². The van der Waals surface area contributed by atoms with Crippen molar-refractivity contribution in [2.24, 2.45) is 11.7 Å². The van der Waals surface area contributed by atoms with E-state index < -0.39 is 12.0 Å². The maximum atomic E-state index is 12.8. The summed E-state index contributed by atoms with van der Waals surface area (Å²) in [5.74, 6) is -0.275. The first-order chi connectivity index (χ1) is 10.6. The van der Waals surface area contributed by atoms with Gasteiger partial charge in [0.2, 0.25) is 11.8 Å². The van der Waals surface area contributed by atoms with Crippen LogP contribution in [-0.4, -0.2) is 42.5 Å². The largest absolute Gasteiger partial charge is 0.367 e. The van der Waals surface area contributed by atoms with Gasteiger partial charge in [-0.1, -0.05) is 24.3 Å². The number of hydrogen-bond donors (Lipinski definition) is 1. The summed E-state index contributed by atoms with van der Waals surface area (Å²) in [5, 5.41) is 0. The van der Waals surface area contributed by atoms with Gasteiger partial charge >= 0.3 is 0 Å². The topological polar surface area (TPSA) is 72.6 Å². The minimum absolute atomic E-state index is 0.0498. The van der Waals surface area contributed by atoms with Crippen molar-refractivity contribution in [2.75, 3.05) is 19.7 Å². The van der Waals surface area contributed by atoms with Crippen molar-refractivity contribution >= 4 is 11.8 Å². The smallest absolute Gasteiger partial charge is 0.248 e. The number of morpholine rings is 1. The van der Waals surface area contributed by atoms with E-state index in [-0.39, 0.29) is 17.2 Å². The van der Waals surface area contributed by atoms with Crippen molar-refractivity contribution in [3.8, 4) is 0 Å². The van der Waals surface area contributed by atoms with Gasteiger partial charge < -0.3 is 15.4 Å². The van der Waals surface area contributed by atoms with Gasteiger partial charge in [-0.25, -0.2) is 0 Å². The Balaban J connectivity index is 1.51. The van der Waals surface area contributed by atoms with Crippen molar-refractivity contribution in [2.45, 2.75) is 30.8 Å². The molecule has 1 spiro atoms. The summed E-state index contributed by atoms with van der Waals surface area (Å²) >= 11 is 0. The maximum Gasteiger partial charge on any atom is 0.248 e. The molecular formula is C17H20N2O3. The summed E-state index contributed by atoms with van der Waals surface area (Å²) in [5.41, 5.74) is 8.09. The number of primary amides is 1. The third-order valence-corrected chi connectivity index (χ3v) is 5.46. The Morgan fingerprint density at radius 3 is 2.95 bits per heavy atom. The van der Waals surface area contributed by atoms with E-state index in [0.717, 1.165) is 19.3 Å². The number of carbonyl (C=O) groups excluding carboxylic acids is 2. The van der Waals surface area contributed by atoms with Crippen LogP contribution < -0.4 is 5.73 Å². The number of benzene rings is 1. The number of hydrogen-bond acceptors (Lipinski definition) is 3. The molecule has 116 valence electrons. The minimum Gasteiger partial charge on any atom is -0.367 e. The Labute approximate surface area is 129 Å². The molecule has 5 nitrogen and oxygen atoms in total. The van der Waals surface area contributed by atoms with E-state index in [4.69, 9.17) is 10.5 Å². The summed E-state index contributed by atoms with van der Waals surface area (Å²) in [7, 11) is 0. The first-order valence-corrected chi connectivity index (χ1v) is 7.90. The summed E-state index contributed by atoms with van der Waals surface area (Å²) in [4.78, 5) is 25.9. The second kappa shape index (κ2) is 4.81. The second-order valence-corrected chi connectivity index (χ2v) is 6.62. The number of nitrogens with zero attached hydrogens (tertiary/aromatic N) is 1. The fourth-order valence-electron chi connectivity index (χ4n) is 4.16. The number of nitrogens with two attached hydrogens (primary N) is 1. The highest BCUT2D eigenvalue weighted by atomic mass is 16.5. The molecule has 3 aliphatic rings. The Morgan fingerprint density at radius 1 is 1.32 bits per heavy atom. The van der Waals surface area contributed by atoms with Gasteiger partial charge in [-0.05, 0) is 30.4 Å². The third-order valence-electron chi connectivity index (χ3n) is 5.46. The van der Waals surface area contributed by atoms with E-state index in [9.17, 15) is 9.59 Å². The molecular weight excluding hydrogens is 280 g/mol. The van der Waals surface area contributed by atoms with Crippen LogP contribution in [0.4, 0.5) is 0 Å². The molecule has 1 saturated heterocycles. The lowest BCUT2D eigenvalue weighted by atomic mass is 9.95. The number of rotatable bonds is 2. The number of carbonyl (C=O) groups is 2. The van der Waals surface area contributed by atoms with E-state index in [1.807, 2.05) is 0 Å². The number of fused-ring (bicyclic) bond motifs is 2. The van der Waals surface area contributed by atoms with Crippen LogP contribution >= 0.6 is 0 Å². The maximum absolute atomic E-state index is 12.8. The van der Waals surface area contributed by atoms with Gasteiger partial charge in [0, 0.05) is 17.9 Å². The molecule has 22 heavy (non-hydrogen) atoms. The summed E-state index contributed by atoms with van der Waals surface area (Å²) in [6.07, 6.45) is 2.39. The van der Waals surface area contributed by atoms with Crippen molar-refractivity contribution in [3.05, 3.63) is 35.4 Å². The molecule has 0 aromatic heterocycles. The average Bonchev–Trinajstić information content (AvgIpc) is 3.16. The minimum atomic E-state index is -0.664. The number of amides is 2. The van der Waals surface area contributed by atoms with E-state index in [1.165, 1.54) is 11.1 Å². The quantitative estimate of drug-likeness (QED) is 0.869. The van der Waals surface area contributed by atoms with Crippen LogP contribution in [0, 0.1) is 5.92 Å². The van der Waals surface area contributed by atoms with Crippen LogP contribution in [0.3, 0.4) is 0 Å². The zero-order chi connectivity index (χ0) is 15.3. The zero-order valence-corrected chi connectivity index (χ0v) is 12.5. The highest BCUT2D eigenvalue weighted by molar-refractivity contribution is 5.86. The van der Waals surface area contributed by atoms with E-state index >= 15 is 0 Å². The Bertz CT molecular complexity index is 645. The predicted octanol–water partition coefficient (Wildman–Crippen LogP) is 0.603. The average molecular weight is 300 g/mol. The molecule has 4 rings (SSSR count). The molecule has 1 saturated carbocycles. The Morgan fingerprint density at radius 2 is 2.14 bits per heavy atom. The predicted molar refractivity (Wildman–Crippen MR) is 80.1 cm³/mol. The highest BCUT2D eigenvalue weighted by Gasteiger charge is 2.62. The molecule has 1 aliphatic heterocycles.